The minimum Gasteiger partial charge on any atom is -0.369 e. The zero-order chi connectivity index (χ0) is 12.0. The van der Waals surface area contributed by atoms with Crippen molar-refractivity contribution in [2.24, 2.45) is 17.6 Å². The highest BCUT2D eigenvalue weighted by Crippen LogP contribution is 2.15. The molecule has 0 aromatic carbocycles. The van der Waals surface area contributed by atoms with Crippen molar-refractivity contribution >= 4 is 5.91 Å². The van der Waals surface area contributed by atoms with Gasteiger partial charge >= 0.3 is 0 Å². The third-order valence-corrected chi connectivity index (χ3v) is 3.52. The number of carbonyl (C=O) groups is 1. The lowest BCUT2D eigenvalue weighted by Gasteiger charge is -2.31. The average Bonchev–Trinajstić information content (AvgIpc) is 2.29. The smallest absolute Gasteiger partial charge is 0.221 e. The van der Waals surface area contributed by atoms with Crippen molar-refractivity contribution in [1.29, 1.82) is 0 Å². The van der Waals surface area contributed by atoms with E-state index >= 15 is 0 Å². The number of hydrogen-bond acceptors (Lipinski definition) is 3. The first-order valence-electron chi connectivity index (χ1n) is 6.35. The van der Waals surface area contributed by atoms with Gasteiger partial charge in [-0.3, -0.25) is 4.79 Å². The van der Waals surface area contributed by atoms with Crippen LogP contribution in [0.25, 0.3) is 0 Å². The quantitative estimate of drug-likeness (QED) is 0.692. The SMILES string of the molecule is CCN1CCC(CNCC(C)C(N)=O)CC1. The van der Waals surface area contributed by atoms with E-state index < -0.39 is 0 Å². The molecule has 16 heavy (non-hydrogen) atoms. The minimum atomic E-state index is -0.215. The summed E-state index contributed by atoms with van der Waals surface area (Å²) in [6.07, 6.45) is 2.54. The number of primary amides is 1. The molecule has 0 saturated carbocycles. The number of piperidine rings is 1. The first-order valence-corrected chi connectivity index (χ1v) is 6.35. The molecule has 3 N–H and O–H groups in total. The third kappa shape index (κ3) is 4.49. The van der Waals surface area contributed by atoms with Crippen molar-refractivity contribution in [3.63, 3.8) is 0 Å². The van der Waals surface area contributed by atoms with Gasteiger partial charge in [0.05, 0.1) is 0 Å². The molecule has 4 nitrogen and oxygen atoms in total. The van der Waals surface area contributed by atoms with Gasteiger partial charge in [-0.25, -0.2) is 0 Å². The van der Waals surface area contributed by atoms with Gasteiger partial charge in [0, 0.05) is 12.5 Å². The number of nitrogens with zero attached hydrogens (tertiary/aromatic N) is 1. The fourth-order valence-electron chi connectivity index (χ4n) is 2.11. The summed E-state index contributed by atoms with van der Waals surface area (Å²) < 4.78 is 0. The Hall–Kier alpha value is -0.610. The van der Waals surface area contributed by atoms with Crippen molar-refractivity contribution in [3.05, 3.63) is 0 Å². The molecule has 1 rings (SSSR count). The minimum absolute atomic E-state index is 0.0595. The Morgan fingerprint density at radius 3 is 2.62 bits per heavy atom. The molecule has 1 amide bonds. The van der Waals surface area contributed by atoms with E-state index in [-0.39, 0.29) is 11.8 Å². The van der Waals surface area contributed by atoms with Crippen molar-refractivity contribution < 1.29 is 4.79 Å². The van der Waals surface area contributed by atoms with E-state index in [2.05, 4.69) is 17.1 Å². The largest absolute Gasteiger partial charge is 0.369 e. The van der Waals surface area contributed by atoms with Crippen LogP contribution in [0.4, 0.5) is 0 Å². The number of rotatable bonds is 6. The molecule has 0 aromatic heterocycles. The summed E-state index contributed by atoms with van der Waals surface area (Å²) in [4.78, 5) is 13.3. The van der Waals surface area contributed by atoms with Crippen molar-refractivity contribution in [2.45, 2.75) is 26.7 Å². The van der Waals surface area contributed by atoms with Gasteiger partial charge in [-0.15, -0.1) is 0 Å². The van der Waals surface area contributed by atoms with Gasteiger partial charge in [0.1, 0.15) is 0 Å². The van der Waals surface area contributed by atoms with Crippen LogP contribution in [0.2, 0.25) is 0 Å². The fraction of sp³-hybridized carbons (Fsp3) is 0.917. The summed E-state index contributed by atoms with van der Waals surface area (Å²) in [7, 11) is 0. The van der Waals surface area contributed by atoms with E-state index in [0.29, 0.717) is 6.54 Å². The molecular weight excluding hydrogens is 202 g/mol. The average molecular weight is 227 g/mol. The van der Waals surface area contributed by atoms with E-state index in [4.69, 9.17) is 5.73 Å². The molecule has 94 valence electrons. The van der Waals surface area contributed by atoms with E-state index in [9.17, 15) is 4.79 Å². The van der Waals surface area contributed by atoms with E-state index in [1.165, 1.54) is 32.5 Å². The Morgan fingerprint density at radius 2 is 2.12 bits per heavy atom. The lowest BCUT2D eigenvalue weighted by atomic mass is 9.96. The number of likely N-dealkylation sites (tertiary alicyclic amines) is 1. The van der Waals surface area contributed by atoms with Crippen LogP contribution in [0, 0.1) is 11.8 Å². The van der Waals surface area contributed by atoms with Gasteiger partial charge in [-0.2, -0.15) is 0 Å². The molecule has 1 fully saturated rings. The van der Waals surface area contributed by atoms with Gasteiger partial charge in [-0.05, 0) is 44.9 Å². The molecule has 0 aromatic rings. The summed E-state index contributed by atoms with van der Waals surface area (Å²) in [5.41, 5.74) is 5.21. The lowest BCUT2D eigenvalue weighted by Crippen LogP contribution is -2.39. The molecule has 0 radical (unpaired) electrons. The van der Waals surface area contributed by atoms with Gasteiger partial charge in [0.2, 0.25) is 5.91 Å². The number of carbonyl (C=O) groups excluding carboxylic acids is 1. The van der Waals surface area contributed by atoms with Crippen molar-refractivity contribution in [1.82, 2.24) is 10.2 Å². The second-order valence-corrected chi connectivity index (χ2v) is 4.84. The number of nitrogens with one attached hydrogen (secondary N) is 1. The van der Waals surface area contributed by atoms with Crippen LogP contribution in [0.5, 0.6) is 0 Å². The standard InChI is InChI=1S/C12H25N3O/c1-3-15-6-4-11(5-7-15)9-14-8-10(2)12(13)16/h10-11,14H,3-9H2,1-2H3,(H2,13,16). The lowest BCUT2D eigenvalue weighted by molar-refractivity contribution is -0.121. The summed E-state index contributed by atoms with van der Waals surface area (Å²) in [6, 6.07) is 0. The summed E-state index contributed by atoms with van der Waals surface area (Å²) in [6.45, 7) is 9.42. The van der Waals surface area contributed by atoms with Crippen LogP contribution in [0.3, 0.4) is 0 Å². The second kappa shape index (κ2) is 6.86. The summed E-state index contributed by atoms with van der Waals surface area (Å²) in [5, 5.41) is 3.35. The fourth-order valence-corrected chi connectivity index (χ4v) is 2.11. The maximum atomic E-state index is 10.8. The third-order valence-electron chi connectivity index (χ3n) is 3.52. The van der Waals surface area contributed by atoms with E-state index in [1.807, 2.05) is 6.92 Å². The summed E-state index contributed by atoms with van der Waals surface area (Å²) in [5.74, 6) is 0.493. The van der Waals surface area contributed by atoms with Crippen molar-refractivity contribution in [3.8, 4) is 0 Å². The number of hydrogen-bond donors (Lipinski definition) is 2. The molecule has 1 atom stereocenters. The molecular formula is C12H25N3O. The molecule has 1 aliphatic rings. The highest BCUT2D eigenvalue weighted by Gasteiger charge is 2.18. The van der Waals surface area contributed by atoms with Crippen LogP contribution in [-0.4, -0.2) is 43.5 Å². The molecule has 0 spiro atoms. The number of amides is 1. The van der Waals surface area contributed by atoms with Crippen LogP contribution in [0.1, 0.15) is 26.7 Å². The normalized spacial score (nSPS) is 20.9. The Bertz CT molecular complexity index is 212. The molecule has 1 aliphatic heterocycles. The van der Waals surface area contributed by atoms with Gasteiger partial charge in [0.25, 0.3) is 0 Å². The predicted molar refractivity (Wildman–Crippen MR) is 66.1 cm³/mol. The van der Waals surface area contributed by atoms with E-state index in [1.54, 1.807) is 0 Å². The van der Waals surface area contributed by atoms with Crippen molar-refractivity contribution in [2.75, 3.05) is 32.7 Å². The molecule has 1 saturated heterocycles. The van der Waals surface area contributed by atoms with Crippen LogP contribution in [-0.2, 0) is 4.79 Å². The Morgan fingerprint density at radius 1 is 1.50 bits per heavy atom. The Kier molecular flexibility index (Phi) is 5.77. The van der Waals surface area contributed by atoms with E-state index in [0.717, 1.165) is 12.5 Å². The first-order chi connectivity index (χ1) is 7.63. The molecule has 1 heterocycles. The highest BCUT2D eigenvalue weighted by molar-refractivity contribution is 5.76. The van der Waals surface area contributed by atoms with Crippen LogP contribution < -0.4 is 11.1 Å². The molecule has 4 heteroatoms. The Balaban J connectivity index is 2.08. The van der Waals surface area contributed by atoms with Gasteiger partial charge in [0.15, 0.2) is 0 Å². The highest BCUT2D eigenvalue weighted by atomic mass is 16.1. The maximum absolute atomic E-state index is 10.8. The molecule has 0 aliphatic carbocycles. The Labute approximate surface area is 98.6 Å². The van der Waals surface area contributed by atoms with Crippen LogP contribution >= 0.6 is 0 Å². The first kappa shape index (κ1) is 13.5. The second-order valence-electron chi connectivity index (χ2n) is 4.84. The number of nitrogens with two attached hydrogens (primary N) is 1. The zero-order valence-corrected chi connectivity index (χ0v) is 10.5. The topological polar surface area (TPSA) is 58.4 Å². The van der Waals surface area contributed by atoms with Gasteiger partial charge in [-0.1, -0.05) is 13.8 Å². The zero-order valence-electron chi connectivity index (χ0n) is 10.5. The molecule has 1 unspecified atom stereocenters. The monoisotopic (exact) mass is 227 g/mol. The molecule has 0 bridgehead atoms. The summed E-state index contributed by atoms with van der Waals surface area (Å²) >= 11 is 0. The maximum Gasteiger partial charge on any atom is 0.221 e. The predicted octanol–water partition coefficient (Wildman–Crippen LogP) is 0.429. The van der Waals surface area contributed by atoms with Crippen LogP contribution in [0.15, 0.2) is 0 Å². The van der Waals surface area contributed by atoms with Gasteiger partial charge < -0.3 is 16.0 Å².